The molecule has 1 aromatic carbocycles. The molecule has 0 atom stereocenters. The van der Waals surface area contributed by atoms with Gasteiger partial charge in [-0.05, 0) is 59.3 Å². The quantitative estimate of drug-likeness (QED) is 0.658. The summed E-state index contributed by atoms with van der Waals surface area (Å²) in [7, 11) is 0. The minimum absolute atomic E-state index is 0.788. The predicted octanol–water partition coefficient (Wildman–Crippen LogP) is 3.32. The van der Waals surface area contributed by atoms with E-state index in [2.05, 4.69) is 32.9 Å². The highest BCUT2D eigenvalue weighted by Gasteiger charge is 2.02. The molecule has 4 heteroatoms. The molecule has 16 heavy (non-hydrogen) atoms. The van der Waals surface area contributed by atoms with Crippen LogP contribution in [0.15, 0.2) is 36.5 Å². The largest absolute Gasteiger partial charge is 0.398 e. The fourth-order valence-corrected chi connectivity index (χ4v) is 1.86. The van der Waals surface area contributed by atoms with Crippen molar-refractivity contribution in [3.05, 3.63) is 45.7 Å². The average molecular weight is 325 g/mol. The Kier molecular flexibility index (Phi) is 3.28. The SMILES string of the molecule is Cc1c(N)cccc1Nc1cc(I)ccn1. The molecular formula is C12H12IN3. The number of rotatable bonds is 2. The first kappa shape index (κ1) is 11.2. The van der Waals surface area contributed by atoms with Gasteiger partial charge in [-0.2, -0.15) is 0 Å². The van der Waals surface area contributed by atoms with E-state index >= 15 is 0 Å². The molecule has 0 aliphatic rings. The van der Waals surface area contributed by atoms with Crippen LogP contribution >= 0.6 is 22.6 Å². The second-order valence-corrected chi connectivity index (χ2v) is 4.75. The Hall–Kier alpha value is -1.30. The van der Waals surface area contributed by atoms with E-state index in [0.717, 1.165) is 26.3 Å². The first-order valence-corrected chi connectivity index (χ1v) is 5.98. The van der Waals surface area contributed by atoms with Gasteiger partial charge in [0.05, 0.1) is 0 Å². The lowest BCUT2D eigenvalue weighted by molar-refractivity contribution is 1.29. The lowest BCUT2D eigenvalue weighted by Gasteiger charge is -2.10. The topological polar surface area (TPSA) is 50.9 Å². The van der Waals surface area contributed by atoms with E-state index < -0.39 is 0 Å². The van der Waals surface area contributed by atoms with Crippen molar-refractivity contribution in [2.45, 2.75) is 6.92 Å². The monoisotopic (exact) mass is 325 g/mol. The maximum absolute atomic E-state index is 5.84. The molecule has 0 saturated carbocycles. The van der Waals surface area contributed by atoms with E-state index in [9.17, 15) is 0 Å². The molecule has 0 unspecified atom stereocenters. The Bertz CT molecular complexity index is 511. The van der Waals surface area contributed by atoms with Crippen LogP contribution in [-0.2, 0) is 0 Å². The summed E-state index contributed by atoms with van der Waals surface area (Å²) < 4.78 is 1.15. The number of hydrogen-bond donors (Lipinski definition) is 2. The molecular weight excluding hydrogens is 313 g/mol. The predicted molar refractivity (Wildman–Crippen MR) is 75.8 cm³/mol. The van der Waals surface area contributed by atoms with Gasteiger partial charge in [-0.1, -0.05) is 6.07 Å². The van der Waals surface area contributed by atoms with Crippen LogP contribution in [0.2, 0.25) is 0 Å². The zero-order chi connectivity index (χ0) is 11.5. The van der Waals surface area contributed by atoms with Gasteiger partial charge in [-0.3, -0.25) is 0 Å². The minimum atomic E-state index is 0.788. The summed E-state index contributed by atoms with van der Waals surface area (Å²) in [5, 5.41) is 3.26. The summed E-state index contributed by atoms with van der Waals surface area (Å²) in [5.74, 6) is 0.834. The van der Waals surface area contributed by atoms with Crippen LogP contribution in [0.4, 0.5) is 17.2 Å². The van der Waals surface area contributed by atoms with Crippen LogP contribution in [0, 0.1) is 10.5 Å². The maximum atomic E-state index is 5.84. The first-order chi connectivity index (χ1) is 7.66. The van der Waals surface area contributed by atoms with E-state index in [-0.39, 0.29) is 0 Å². The number of nitrogens with two attached hydrogens (primary N) is 1. The van der Waals surface area contributed by atoms with E-state index in [0.29, 0.717) is 0 Å². The van der Waals surface area contributed by atoms with Crippen LogP contribution in [0.1, 0.15) is 5.56 Å². The van der Waals surface area contributed by atoms with E-state index in [4.69, 9.17) is 5.73 Å². The molecule has 0 amide bonds. The lowest BCUT2D eigenvalue weighted by Crippen LogP contribution is -1.98. The van der Waals surface area contributed by atoms with Gasteiger partial charge < -0.3 is 11.1 Å². The molecule has 0 fully saturated rings. The summed E-state index contributed by atoms with van der Waals surface area (Å²) in [6.07, 6.45) is 1.78. The Morgan fingerprint density at radius 2 is 2.12 bits per heavy atom. The zero-order valence-corrected chi connectivity index (χ0v) is 11.0. The number of hydrogen-bond acceptors (Lipinski definition) is 3. The fourth-order valence-electron chi connectivity index (χ4n) is 1.40. The number of aromatic nitrogens is 1. The van der Waals surface area contributed by atoms with Gasteiger partial charge in [0.1, 0.15) is 5.82 Å². The molecule has 1 heterocycles. The van der Waals surface area contributed by atoms with Crippen molar-refractivity contribution in [2.24, 2.45) is 0 Å². The fraction of sp³-hybridized carbons (Fsp3) is 0.0833. The van der Waals surface area contributed by atoms with Crippen molar-refractivity contribution in [2.75, 3.05) is 11.1 Å². The van der Waals surface area contributed by atoms with Gasteiger partial charge in [-0.15, -0.1) is 0 Å². The van der Waals surface area contributed by atoms with Crippen molar-refractivity contribution in [3.8, 4) is 0 Å². The van der Waals surface area contributed by atoms with Crippen LogP contribution in [0.25, 0.3) is 0 Å². The molecule has 0 bridgehead atoms. The van der Waals surface area contributed by atoms with Crippen LogP contribution in [-0.4, -0.2) is 4.98 Å². The highest BCUT2D eigenvalue weighted by molar-refractivity contribution is 14.1. The summed E-state index contributed by atoms with van der Waals surface area (Å²) in [6, 6.07) is 9.76. The second-order valence-electron chi connectivity index (χ2n) is 3.50. The zero-order valence-electron chi connectivity index (χ0n) is 8.87. The molecule has 0 aliphatic carbocycles. The van der Waals surface area contributed by atoms with Gasteiger partial charge in [0, 0.05) is 21.1 Å². The van der Waals surface area contributed by atoms with Gasteiger partial charge in [0.2, 0.25) is 0 Å². The Balaban J connectivity index is 2.31. The number of halogens is 1. The lowest BCUT2D eigenvalue weighted by atomic mass is 10.1. The van der Waals surface area contributed by atoms with Crippen LogP contribution in [0.5, 0.6) is 0 Å². The van der Waals surface area contributed by atoms with Crippen molar-refractivity contribution in [3.63, 3.8) is 0 Å². The number of nitrogens with zero attached hydrogens (tertiary/aromatic N) is 1. The third-order valence-corrected chi connectivity index (χ3v) is 3.03. The standard InChI is InChI=1S/C12H12IN3/c1-8-10(14)3-2-4-11(8)16-12-7-9(13)5-6-15-12/h2-7H,14H2,1H3,(H,15,16). The summed E-state index contributed by atoms with van der Waals surface area (Å²) in [6.45, 7) is 1.99. The number of nitrogen functional groups attached to an aromatic ring is 1. The third-order valence-electron chi connectivity index (χ3n) is 2.36. The number of pyridine rings is 1. The minimum Gasteiger partial charge on any atom is -0.398 e. The molecule has 0 saturated heterocycles. The van der Waals surface area contributed by atoms with Gasteiger partial charge in [0.25, 0.3) is 0 Å². The molecule has 1 aromatic heterocycles. The summed E-state index contributed by atoms with van der Waals surface area (Å²) in [5.41, 5.74) is 8.67. The number of anilines is 3. The van der Waals surface area contributed by atoms with Gasteiger partial charge in [-0.25, -0.2) is 4.98 Å². The Morgan fingerprint density at radius 3 is 2.88 bits per heavy atom. The normalized spacial score (nSPS) is 10.1. The summed E-state index contributed by atoms with van der Waals surface area (Å²) in [4.78, 5) is 4.25. The van der Waals surface area contributed by atoms with E-state index in [1.807, 2.05) is 37.3 Å². The van der Waals surface area contributed by atoms with Crippen molar-refractivity contribution >= 4 is 39.8 Å². The maximum Gasteiger partial charge on any atom is 0.131 e. The molecule has 0 aliphatic heterocycles. The molecule has 0 radical (unpaired) electrons. The Labute approximate surface area is 108 Å². The molecule has 0 spiro atoms. The summed E-state index contributed by atoms with van der Waals surface area (Å²) >= 11 is 2.26. The van der Waals surface area contributed by atoms with Crippen molar-refractivity contribution in [1.82, 2.24) is 4.98 Å². The molecule has 3 nitrogen and oxygen atoms in total. The number of nitrogens with one attached hydrogen (secondary N) is 1. The van der Waals surface area contributed by atoms with E-state index in [1.165, 1.54) is 0 Å². The molecule has 82 valence electrons. The van der Waals surface area contributed by atoms with Gasteiger partial charge in [0.15, 0.2) is 0 Å². The first-order valence-electron chi connectivity index (χ1n) is 4.90. The molecule has 2 aromatic rings. The highest BCUT2D eigenvalue weighted by atomic mass is 127. The molecule has 3 N–H and O–H groups in total. The van der Waals surface area contributed by atoms with E-state index in [1.54, 1.807) is 6.20 Å². The average Bonchev–Trinajstić information content (AvgIpc) is 2.25. The van der Waals surface area contributed by atoms with Gasteiger partial charge >= 0.3 is 0 Å². The smallest absolute Gasteiger partial charge is 0.131 e. The van der Waals surface area contributed by atoms with Crippen molar-refractivity contribution < 1.29 is 0 Å². The Morgan fingerprint density at radius 1 is 1.31 bits per heavy atom. The van der Waals surface area contributed by atoms with Crippen LogP contribution < -0.4 is 11.1 Å². The molecule has 2 rings (SSSR count). The second kappa shape index (κ2) is 4.69. The van der Waals surface area contributed by atoms with Crippen LogP contribution in [0.3, 0.4) is 0 Å². The van der Waals surface area contributed by atoms with Crippen molar-refractivity contribution in [1.29, 1.82) is 0 Å². The number of benzene rings is 1. The third kappa shape index (κ3) is 2.44. The highest BCUT2D eigenvalue weighted by Crippen LogP contribution is 2.23.